The molecule has 10 heteroatoms. The fourth-order valence-electron chi connectivity index (χ4n) is 3.92. The first-order chi connectivity index (χ1) is 16.2. The van der Waals surface area contributed by atoms with Crippen molar-refractivity contribution in [1.82, 2.24) is 9.78 Å². The van der Waals surface area contributed by atoms with Crippen molar-refractivity contribution in [2.24, 2.45) is 0 Å². The van der Waals surface area contributed by atoms with Crippen molar-refractivity contribution in [3.05, 3.63) is 76.9 Å². The molecule has 2 aromatic carbocycles. The van der Waals surface area contributed by atoms with Gasteiger partial charge in [0, 0.05) is 22.9 Å². The Morgan fingerprint density at radius 1 is 1.06 bits per heavy atom. The number of nitrogens with one attached hydrogen (secondary N) is 1. The van der Waals surface area contributed by atoms with Crippen molar-refractivity contribution in [2.45, 2.75) is 50.6 Å². The summed E-state index contributed by atoms with van der Waals surface area (Å²) in [5.74, 6) is -2.96. The molecule has 1 aromatic heterocycles. The average Bonchev–Trinajstić information content (AvgIpc) is 3.40. The smallest absolute Gasteiger partial charge is 0.416 e. The summed E-state index contributed by atoms with van der Waals surface area (Å²) in [6, 6.07) is 8.17. The van der Waals surface area contributed by atoms with Gasteiger partial charge in [-0.15, -0.1) is 0 Å². The Bertz CT molecular complexity index is 1320. The van der Waals surface area contributed by atoms with Gasteiger partial charge in [-0.1, -0.05) is 26.8 Å². The molecular weight excluding hydrogens is 466 g/mol. The molecule has 1 aliphatic rings. The first kappa shape index (κ1) is 24.4. The van der Waals surface area contributed by atoms with Crippen LogP contribution in [0.15, 0.2) is 48.7 Å². The highest BCUT2D eigenvalue weighted by Crippen LogP contribution is 2.50. The number of benzene rings is 2. The summed E-state index contributed by atoms with van der Waals surface area (Å²) >= 11 is 0. The Morgan fingerprint density at radius 2 is 1.74 bits per heavy atom. The van der Waals surface area contributed by atoms with Crippen molar-refractivity contribution in [3.63, 3.8) is 0 Å². The molecule has 6 nitrogen and oxygen atoms in total. The summed E-state index contributed by atoms with van der Waals surface area (Å²) in [6.07, 6.45) is -2.54. The highest BCUT2D eigenvalue weighted by molar-refractivity contribution is 6.02. The molecule has 0 aliphatic heterocycles. The van der Waals surface area contributed by atoms with Crippen molar-refractivity contribution in [2.75, 3.05) is 5.32 Å². The van der Waals surface area contributed by atoms with E-state index in [0.717, 1.165) is 17.8 Å². The van der Waals surface area contributed by atoms with Crippen LogP contribution in [0.1, 0.15) is 60.8 Å². The van der Waals surface area contributed by atoms with E-state index in [0.29, 0.717) is 11.8 Å². The Morgan fingerprint density at radius 3 is 2.26 bits per heavy atom. The number of aromatic carboxylic acids is 1. The Kier molecular flexibility index (Phi) is 5.73. The van der Waals surface area contributed by atoms with Gasteiger partial charge in [-0.3, -0.25) is 4.79 Å². The molecule has 1 fully saturated rings. The normalized spacial score (nSPS) is 15.1. The quantitative estimate of drug-likeness (QED) is 0.451. The summed E-state index contributed by atoms with van der Waals surface area (Å²) in [6.45, 7) is 5.93. The van der Waals surface area contributed by atoms with E-state index in [2.05, 4.69) is 10.4 Å². The van der Waals surface area contributed by atoms with Crippen molar-refractivity contribution in [3.8, 4) is 5.69 Å². The fraction of sp³-hybridized carbons (Fsp3) is 0.320. The lowest BCUT2D eigenvalue weighted by molar-refractivity contribution is -0.137. The maximum atomic E-state index is 14.5. The predicted molar refractivity (Wildman–Crippen MR) is 120 cm³/mol. The third kappa shape index (κ3) is 4.65. The van der Waals surface area contributed by atoms with E-state index < -0.39 is 34.8 Å². The van der Waals surface area contributed by atoms with Gasteiger partial charge in [0.15, 0.2) is 0 Å². The third-order valence-electron chi connectivity index (χ3n) is 6.09. The molecular formula is C25H23F4N3O3. The molecule has 0 radical (unpaired) electrons. The van der Waals surface area contributed by atoms with Gasteiger partial charge < -0.3 is 10.4 Å². The number of anilines is 1. The summed E-state index contributed by atoms with van der Waals surface area (Å²) in [5, 5.41) is 16.8. The maximum absolute atomic E-state index is 14.5. The average molecular weight is 489 g/mol. The standard InChI is InChI=1S/C25H23F4N3O3/c1-23(2,3)20-8-11-32(31-20)19-7-5-15(13-16(19)21(33)34)30-22(35)24(9-10-24)17-6-4-14(12-18(17)26)25(27,28)29/h4-8,11-13H,9-10H2,1-3H3,(H,30,35)(H,33,34). The maximum Gasteiger partial charge on any atom is 0.416 e. The number of carboxylic acid groups (broad SMARTS) is 1. The van der Waals surface area contributed by atoms with Crippen LogP contribution < -0.4 is 5.32 Å². The van der Waals surface area contributed by atoms with Gasteiger partial charge >= 0.3 is 12.1 Å². The van der Waals surface area contributed by atoms with Crippen LogP contribution in [-0.2, 0) is 21.8 Å². The van der Waals surface area contributed by atoms with Gasteiger partial charge in [-0.2, -0.15) is 18.3 Å². The molecule has 1 amide bonds. The zero-order valence-corrected chi connectivity index (χ0v) is 19.2. The predicted octanol–water partition coefficient (Wildman–Crippen LogP) is 5.70. The monoisotopic (exact) mass is 489 g/mol. The first-order valence-electron chi connectivity index (χ1n) is 10.8. The first-order valence-corrected chi connectivity index (χ1v) is 10.8. The van der Waals surface area contributed by atoms with E-state index in [1.807, 2.05) is 20.8 Å². The largest absolute Gasteiger partial charge is 0.478 e. The SMILES string of the molecule is CC(C)(C)c1ccn(-c2ccc(NC(=O)C3(c4ccc(C(F)(F)F)cc4F)CC3)cc2C(=O)O)n1. The highest BCUT2D eigenvalue weighted by Gasteiger charge is 2.53. The van der Waals surface area contributed by atoms with Gasteiger partial charge in [0.25, 0.3) is 0 Å². The molecule has 2 N–H and O–H groups in total. The van der Waals surface area contributed by atoms with Crippen LogP contribution in [-0.4, -0.2) is 26.8 Å². The lowest BCUT2D eigenvalue weighted by Crippen LogP contribution is -2.29. The molecule has 1 aliphatic carbocycles. The van der Waals surface area contributed by atoms with Crippen LogP contribution in [0.2, 0.25) is 0 Å². The van der Waals surface area contributed by atoms with Crippen LogP contribution >= 0.6 is 0 Å². The van der Waals surface area contributed by atoms with E-state index in [4.69, 9.17) is 0 Å². The Balaban J connectivity index is 1.61. The van der Waals surface area contributed by atoms with Gasteiger partial charge in [0.1, 0.15) is 5.82 Å². The summed E-state index contributed by atoms with van der Waals surface area (Å²) < 4.78 is 54.6. The second kappa shape index (κ2) is 8.21. The number of rotatable bonds is 5. The zero-order chi connectivity index (χ0) is 25.8. The molecule has 35 heavy (non-hydrogen) atoms. The van der Waals surface area contributed by atoms with Gasteiger partial charge in [0.2, 0.25) is 5.91 Å². The summed E-state index contributed by atoms with van der Waals surface area (Å²) in [4.78, 5) is 24.9. The molecule has 0 saturated heterocycles. The molecule has 184 valence electrons. The van der Waals surface area contributed by atoms with Crippen LogP contribution in [0.5, 0.6) is 0 Å². The fourth-order valence-corrected chi connectivity index (χ4v) is 3.92. The lowest BCUT2D eigenvalue weighted by Gasteiger charge is -2.18. The van der Waals surface area contributed by atoms with Crippen LogP contribution in [0.4, 0.5) is 23.2 Å². The molecule has 1 saturated carbocycles. The number of amides is 1. The summed E-state index contributed by atoms with van der Waals surface area (Å²) in [7, 11) is 0. The second-order valence-electron chi connectivity index (χ2n) is 9.66. The van der Waals surface area contributed by atoms with Gasteiger partial charge in [0.05, 0.1) is 27.9 Å². The van der Waals surface area contributed by atoms with E-state index in [1.165, 1.54) is 22.9 Å². The number of hydrogen-bond acceptors (Lipinski definition) is 3. The second-order valence-corrected chi connectivity index (χ2v) is 9.66. The number of nitrogens with zero attached hydrogens (tertiary/aromatic N) is 2. The molecule has 3 aromatic rings. The number of hydrogen-bond donors (Lipinski definition) is 2. The minimum absolute atomic E-state index is 0.114. The molecule has 0 bridgehead atoms. The molecule has 0 unspecified atom stereocenters. The topological polar surface area (TPSA) is 84.2 Å². The number of aromatic nitrogens is 2. The number of carbonyl (C=O) groups is 2. The van der Waals surface area contributed by atoms with E-state index in [-0.39, 0.29) is 35.1 Å². The lowest BCUT2D eigenvalue weighted by atomic mass is 9.93. The Labute approximate surface area is 198 Å². The zero-order valence-electron chi connectivity index (χ0n) is 19.2. The highest BCUT2D eigenvalue weighted by atomic mass is 19.4. The van der Waals surface area contributed by atoms with Gasteiger partial charge in [-0.05, 0) is 49.2 Å². The van der Waals surface area contributed by atoms with Crippen LogP contribution in [0, 0.1) is 5.82 Å². The number of carbonyl (C=O) groups excluding carboxylic acids is 1. The van der Waals surface area contributed by atoms with E-state index in [9.17, 15) is 32.3 Å². The van der Waals surface area contributed by atoms with Crippen molar-refractivity contribution in [1.29, 1.82) is 0 Å². The van der Waals surface area contributed by atoms with Crippen molar-refractivity contribution < 1.29 is 32.3 Å². The molecule has 0 atom stereocenters. The Hall–Kier alpha value is -3.69. The van der Waals surface area contributed by atoms with Crippen LogP contribution in [0.25, 0.3) is 5.69 Å². The summed E-state index contributed by atoms with van der Waals surface area (Å²) in [5.41, 5.74) is -1.69. The number of carboxylic acids is 1. The number of alkyl halides is 3. The van der Waals surface area contributed by atoms with E-state index >= 15 is 0 Å². The molecule has 0 spiro atoms. The molecule has 1 heterocycles. The minimum atomic E-state index is -4.70. The van der Waals surface area contributed by atoms with Crippen molar-refractivity contribution >= 4 is 17.6 Å². The third-order valence-corrected chi connectivity index (χ3v) is 6.09. The van der Waals surface area contributed by atoms with Crippen LogP contribution in [0.3, 0.4) is 0 Å². The van der Waals surface area contributed by atoms with E-state index in [1.54, 1.807) is 12.3 Å². The van der Waals surface area contributed by atoms with Gasteiger partial charge in [-0.25, -0.2) is 13.9 Å². The minimum Gasteiger partial charge on any atom is -0.478 e. The number of halogens is 4. The molecule has 4 rings (SSSR count).